The highest BCUT2D eigenvalue weighted by atomic mass is 16.4. The molecule has 0 radical (unpaired) electrons. The van der Waals surface area contributed by atoms with Gasteiger partial charge in [-0.05, 0) is 50.9 Å². The van der Waals surface area contributed by atoms with E-state index in [2.05, 4.69) is 18.3 Å². The number of carbonyl (C=O) groups is 2. The number of carbonyl (C=O) groups excluding carboxylic acids is 1. The topological polar surface area (TPSA) is 66.4 Å². The molecule has 0 aromatic heterocycles. The van der Waals surface area contributed by atoms with E-state index in [1.165, 1.54) is 0 Å². The number of amides is 1. The number of carboxylic acids is 1. The van der Waals surface area contributed by atoms with E-state index in [4.69, 9.17) is 0 Å². The Morgan fingerprint density at radius 3 is 2.45 bits per heavy atom. The van der Waals surface area contributed by atoms with Gasteiger partial charge >= 0.3 is 5.97 Å². The molecular formula is C16H25NO3. The van der Waals surface area contributed by atoms with Gasteiger partial charge in [0, 0.05) is 5.92 Å². The molecule has 0 spiro atoms. The third-order valence-electron chi connectivity index (χ3n) is 4.95. The monoisotopic (exact) mass is 279 g/mol. The van der Waals surface area contributed by atoms with Crippen molar-refractivity contribution in [2.75, 3.05) is 0 Å². The van der Waals surface area contributed by atoms with Gasteiger partial charge in [-0.2, -0.15) is 0 Å². The average Bonchev–Trinajstić information content (AvgIpc) is 2.48. The Bertz CT molecular complexity index is 395. The zero-order chi connectivity index (χ0) is 14.6. The Labute approximate surface area is 120 Å². The maximum absolute atomic E-state index is 12.3. The number of hydrogen-bond donors (Lipinski definition) is 2. The number of hydrogen-bond acceptors (Lipinski definition) is 2. The highest BCUT2D eigenvalue weighted by Crippen LogP contribution is 2.34. The minimum atomic E-state index is -1.02. The molecule has 0 bridgehead atoms. The number of allylic oxidation sites excluding steroid dienone is 2. The van der Waals surface area contributed by atoms with Gasteiger partial charge in [-0.15, -0.1) is 0 Å². The molecule has 4 heteroatoms. The Morgan fingerprint density at radius 1 is 1.25 bits per heavy atom. The SMILES string of the molecule is CCC1CCC(NC(=O)C2CC=CCC2)(C(=O)O)CC1. The molecule has 0 saturated heterocycles. The van der Waals surface area contributed by atoms with E-state index in [-0.39, 0.29) is 11.8 Å². The molecule has 1 unspecified atom stereocenters. The van der Waals surface area contributed by atoms with Crippen LogP contribution in [0.25, 0.3) is 0 Å². The molecule has 4 nitrogen and oxygen atoms in total. The van der Waals surface area contributed by atoms with Gasteiger partial charge in [0.1, 0.15) is 5.54 Å². The highest BCUT2D eigenvalue weighted by Gasteiger charge is 2.43. The van der Waals surface area contributed by atoms with Crippen LogP contribution in [0.3, 0.4) is 0 Å². The standard InChI is InChI=1S/C16H25NO3/c1-2-12-8-10-16(11-9-12,15(19)20)17-14(18)13-6-4-3-5-7-13/h3-4,12-13H,2,5-11H2,1H3,(H,17,18)(H,19,20). The van der Waals surface area contributed by atoms with Gasteiger partial charge in [0.2, 0.25) is 5.91 Å². The van der Waals surface area contributed by atoms with Crippen molar-refractivity contribution in [3.8, 4) is 0 Å². The highest BCUT2D eigenvalue weighted by molar-refractivity contribution is 5.88. The van der Waals surface area contributed by atoms with E-state index < -0.39 is 11.5 Å². The van der Waals surface area contributed by atoms with Crippen molar-refractivity contribution in [2.24, 2.45) is 11.8 Å². The summed E-state index contributed by atoms with van der Waals surface area (Å²) >= 11 is 0. The molecule has 1 atom stereocenters. The first-order chi connectivity index (χ1) is 9.57. The fraction of sp³-hybridized carbons (Fsp3) is 0.750. The van der Waals surface area contributed by atoms with Crippen LogP contribution in [0.2, 0.25) is 0 Å². The van der Waals surface area contributed by atoms with Crippen LogP contribution in [0.1, 0.15) is 58.3 Å². The van der Waals surface area contributed by atoms with Crippen LogP contribution in [0.4, 0.5) is 0 Å². The molecule has 0 aliphatic heterocycles. The third-order valence-corrected chi connectivity index (χ3v) is 4.95. The predicted octanol–water partition coefficient (Wildman–Crippen LogP) is 2.88. The number of rotatable bonds is 4. The lowest BCUT2D eigenvalue weighted by Gasteiger charge is -2.38. The van der Waals surface area contributed by atoms with Gasteiger partial charge in [-0.3, -0.25) is 4.79 Å². The number of nitrogens with one attached hydrogen (secondary N) is 1. The number of carboxylic acid groups (broad SMARTS) is 1. The van der Waals surface area contributed by atoms with Crippen molar-refractivity contribution in [1.82, 2.24) is 5.32 Å². The Morgan fingerprint density at radius 2 is 1.95 bits per heavy atom. The summed E-state index contributed by atoms with van der Waals surface area (Å²) in [5.41, 5.74) is -1.02. The van der Waals surface area contributed by atoms with Crippen LogP contribution in [0, 0.1) is 11.8 Å². The predicted molar refractivity (Wildman–Crippen MR) is 77.2 cm³/mol. The minimum Gasteiger partial charge on any atom is -0.480 e. The molecule has 0 aromatic carbocycles. The lowest BCUT2D eigenvalue weighted by molar-refractivity contribution is -0.150. The molecular weight excluding hydrogens is 254 g/mol. The van der Waals surface area contributed by atoms with Crippen molar-refractivity contribution in [2.45, 2.75) is 63.8 Å². The molecule has 0 aromatic rings. The molecule has 1 saturated carbocycles. The van der Waals surface area contributed by atoms with Gasteiger partial charge in [0.15, 0.2) is 0 Å². The maximum Gasteiger partial charge on any atom is 0.329 e. The maximum atomic E-state index is 12.3. The normalized spacial score (nSPS) is 33.6. The summed E-state index contributed by atoms with van der Waals surface area (Å²) in [5, 5.41) is 12.4. The second-order valence-electron chi connectivity index (χ2n) is 6.21. The summed E-state index contributed by atoms with van der Waals surface area (Å²) in [6.45, 7) is 2.14. The minimum absolute atomic E-state index is 0.0554. The second kappa shape index (κ2) is 6.42. The molecule has 2 aliphatic carbocycles. The van der Waals surface area contributed by atoms with Crippen molar-refractivity contribution in [3.63, 3.8) is 0 Å². The van der Waals surface area contributed by atoms with E-state index in [1.54, 1.807) is 0 Å². The van der Waals surface area contributed by atoms with Crippen LogP contribution in [0.15, 0.2) is 12.2 Å². The summed E-state index contributed by atoms with van der Waals surface area (Å²) in [6, 6.07) is 0. The van der Waals surface area contributed by atoms with E-state index >= 15 is 0 Å². The van der Waals surface area contributed by atoms with Crippen LogP contribution >= 0.6 is 0 Å². The smallest absolute Gasteiger partial charge is 0.329 e. The van der Waals surface area contributed by atoms with Crippen molar-refractivity contribution in [3.05, 3.63) is 12.2 Å². The molecule has 2 aliphatic rings. The summed E-state index contributed by atoms with van der Waals surface area (Å²) in [7, 11) is 0. The van der Waals surface area contributed by atoms with Gasteiger partial charge in [-0.25, -0.2) is 4.79 Å². The van der Waals surface area contributed by atoms with E-state index in [0.717, 1.165) is 38.5 Å². The molecule has 112 valence electrons. The van der Waals surface area contributed by atoms with Crippen molar-refractivity contribution < 1.29 is 14.7 Å². The van der Waals surface area contributed by atoms with Crippen LogP contribution < -0.4 is 5.32 Å². The summed E-state index contributed by atoms with van der Waals surface area (Å²) in [4.78, 5) is 24.0. The first kappa shape index (κ1) is 15.1. The van der Waals surface area contributed by atoms with Crippen LogP contribution in [0.5, 0.6) is 0 Å². The Kier molecular flexibility index (Phi) is 4.84. The van der Waals surface area contributed by atoms with Gasteiger partial charge in [0.05, 0.1) is 0 Å². The fourth-order valence-electron chi connectivity index (χ4n) is 3.34. The summed E-state index contributed by atoms with van der Waals surface area (Å²) in [5.74, 6) is -0.393. The first-order valence-electron chi connectivity index (χ1n) is 7.78. The summed E-state index contributed by atoms with van der Waals surface area (Å²) in [6.07, 6.45) is 10.6. The van der Waals surface area contributed by atoms with Crippen LogP contribution in [-0.4, -0.2) is 22.5 Å². The van der Waals surface area contributed by atoms with Gasteiger partial charge in [0.25, 0.3) is 0 Å². The zero-order valence-corrected chi connectivity index (χ0v) is 12.2. The average molecular weight is 279 g/mol. The lowest BCUT2D eigenvalue weighted by atomic mass is 9.75. The van der Waals surface area contributed by atoms with E-state index in [9.17, 15) is 14.7 Å². The van der Waals surface area contributed by atoms with Crippen LogP contribution in [-0.2, 0) is 9.59 Å². The third kappa shape index (κ3) is 3.22. The largest absolute Gasteiger partial charge is 0.480 e. The van der Waals surface area contributed by atoms with Gasteiger partial charge < -0.3 is 10.4 Å². The second-order valence-corrected chi connectivity index (χ2v) is 6.21. The Hall–Kier alpha value is -1.32. The molecule has 2 rings (SSSR count). The lowest BCUT2D eigenvalue weighted by Crippen LogP contribution is -2.57. The molecule has 1 amide bonds. The zero-order valence-electron chi connectivity index (χ0n) is 12.2. The van der Waals surface area contributed by atoms with E-state index in [0.29, 0.717) is 18.8 Å². The molecule has 20 heavy (non-hydrogen) atoms. The first-order valence-corrected chi connectivity index (χ1v) is 7.78. The molecule has 0 heterocycles. The Balaban J connectivity index is 2.00. The number of aliphatic carboxylic acids is 1. The van der Waals surface area contributed by atoms with Crippen molar-refractivity contribution in [1.29, 1.82) is 0 Å². The van der Waals surface area contributed by atoms with Crippen molar-refractivity contribution >= 4 is 11.9 Å². The summed E-state index contributed by atoms with van der Waals surface area (Å²) < 4.78 is 0. The van der Waals surface area contributed by atoms with Gasteiger partial charge in [-0.1, -0.05) is 25.5 Å². The molecule has 1 fully saturated rings. The quantitative estimate of drug-likeness (QED) is 0.778. The molecule has 2 N–H and O–H groups in total. The van der Waals surface area contributed by atoms with E-state index in [1.807, 2.05) is 6.08 Å². The fourth-order valence-corrected chi connectivity index (χ4v) is 3.34.